The maximum absolute atomic E-state index is 11.7. The summed E-state index contributed by atoms with van der Waals surface area (Å²) in [5.41, 5.74) is -0.442. The van der Waals surface area contributed by atoms with Gasteiger partial charge in [-0.05, 0) is 53.0 Å². The van der Waals surface area contributed by atoms with Crippen LogP contribution in [0.1, 0.15) is 51.6 Å². The van der Waals surface area contributed by atoms with Crippen molar-refractivity contribution in [1.82, 2.24) is 15.2 Å². The molecular weight excluding hydrogens is 298 g/mol. The van der Waals surface area contributed by atoms with Gasteiger partial charge in [0.05, 0.1) is 6.04 Å². The van der Waals surface area contributed by atoms with Crippen LogP contribution in [0.3, 0.4) is 0 Å². The van der Waals surface area contributed by atoms with Crippen molar-refractivity contribution < 1.29 is 9.53 Å². The Labute approximate surface area is 137 Å². The molecule has 2 heterocycles. The van der Waals surface area contributed by atoms with E-state index in [2.05, 4.69) is 22.1 Å². The summed E-state index contributed by atoms with van der Waals surface area (Å²) in [4.78, 5) is 18.6. The predicted octanol–water partition coefficient (Wildman–Crippen LogP) is 3.44. The third-order valence-corrected chi connectivity index (χ3v) is 4.79. The first-order valence-corrected chi connectivity index (χ1v) is 8.83. The highest BCUT2D eigenvalue weighted by Gasteiger charge is 2.26. The Morgan fingerprint density at radius 1 is 1.59 bits per heavy atom. The van der Waals surface area contributed by atoms with Crippen molar-refractivity contribution in [2.75, 3.05) is 19.6 Å². The molecule has 1 aromatic rings. The van der Waals surface area contributed by atoms with Crippen molar-refractivity contribution in [3.05, 3.63) is 16.6 Å². The van der Waals surface area contributed by atoms with Gasteiger partial charge in [0.2, 0.25) is 0 Å². The second-order valence-electron chi connectivity index (χ2n) is 6.93. The van der Waals surface area contributed by atoms with Crippen LogP contribution in [0.5, 0.6) is 0 Å². The highest BCUT2D eigenvalue weighted by atomic mass is 32.1. The summed E-state index contributed by atoms with van der Waals surface area (Å²) in [5.74, 6) is 0.476. The van der Waals surface area contributed by atoms with Crippen molar-refractivity contribution in [2.24, 2.45) is 5.92 Å². The fourth-order valence-corrected chi connectivity index (χ4v) is 3.48. The van der Waals surface area contributed by atoms with Gasteiger partial charge < -0.3 is 10.1 Å². The van der Waals surface area contributed by atoms with Gasteiger partial charge in [-0.2, -0.15) is 0 Å². The second-order valence-corrected chi connectivity index (χ2v) is 7.86. The summed E-state index contributed by atoms with van der Waals surface area (Å²) in [5, 5.41) is 6.09. The number of ether oxygens (including phenoxy) is 1. The standard InChI is InChI=1S/C16H27N3O2S/c1-12(14-17-7-9-22-14)19-8-5-6-13(11-19)10-18-15(20)21-16(2,3)4/h7,9,12-13H,5-6,8,10-11H2,1-4H3,(H,18,20). The number of thiazole rings is 1. The van der Waals surface area contributed by atoms with Gasteiger partial charge in [-0.1, -0.05) is 0 Å². The lowest BCUT2D eigenvalue weighted by molar-refractivity contribution is 0.0501. The maximum Gasteiger partial charge on any atom is 0.407 e. The normalized spacial score (nSPS) is 21.4. The molecule has 22 heavy (non-hydrogen) atoms. The molecule has 1 aliphatic rings. The zero-order chi connectivity index (χ0) is 16.2. The van der Waals surface area contributed by atoms with E-state index in [1.54, 1.807) is 11.3 Å². The average Bonchev–Trinajstić information content (AvgIpc) is 2.97. The van der Waals surface area contributed by atoms with E-state index in [4.69, 9.17) is 4.74 Å². The number of piperidine rings is 1. The maximum atomic E-state index is 11.7. The minimum absolute atomic E-state index is 0.322. The first-order chi connectivity index (χ1) is 10.3. The highest BCUT2D eigenvalue weighted by molar-refractivity contribution is 7.09. The number of hydrogen-bond acceptors (Lipinski definition) is 5. The zero-order valence-corrected chi connectivity index (χ0v) is 14.8. The molecular formula is C16H27N3O2S. The number of carbonyl (C=O) groups excluding carboxylic acids is 1. The lowest BCUT2D eigenvalue weighted by atomic mass is 9.97. The van der Waals surface area contributed by atoms with Gasteiger partial charge in [-0.25, -0.2) is 9.78 Å². The van der Waals surface area contributed by atoms with E-state index in [0.29, 0.717) is 18.5 Å². The van der Waals surface area contributed by atoms with Gasteiger partial charge in [0.1, 0.15) is 10.6 Å². The van der Waals surface area contributed by atoms with E-state index >= 15 is 0 Å². The van der Waals surface area contributed by atoms with Gasteiger partial charge in [-0.3, -0.25) is 4.90 Å². The van der Waals surface area contributed by atoms with Crippen molar-refractivity contribution in [1.29, 1.82) is 0 Å². The van der Waals surface area contributed by atoms with Crippen molar-refractivity contribution in [2.45, 2.75) is 52.2 Å². The van der Waals surface area contributed by atoms with Gasteiger partial charge >= 0.3 is 6.09 Å². The highest BCUT2D eigenvalue weighted by Crippen LogP contribution is 2.27. The fraction of sp³-hybridized carbons (Fsp3) is 0.750. The molecule has 0 saturated carbocycles. The van der Waals surface area contributed by atoms with E-state index in [1.165, 1.54) is 5.01 Å². The van der Waals surface area contributed by atoms with Crippen LogP contribution < -0.4 is 5.32 Å². The molecule has 2 rings (SSSR count). The number of nitrogens with zero attached hydrogens (tertiary/aromatic N) is 2. The van der Waals surface area contributed by atoms with Crippen molar-refractivity contribution in [3.63, 3.8) is 0 Å². The summed E-state index contributed by atoms with van der Waals surface area (Å²) in [6.45, 7) is 10.6. The molecule has 6 heteroatoms. The van der Waals surface area contributed by atoms with Crippen LogP contribution in [0.15, 0.2) is 11.6 Å². The number of likely N-dealkylation sites (tertiary alicyclic amines) is 1. The second kappa shape index (κ2) is 7.42. The minimum atomic E-state index is -0.442. The van der Waals surface area contributed by atoms with Crippen LogP contribution in [-0.2, 0) is 4.74 Å². The lowest BCUT2D eigenvalue weighted by Crippen LogP contribution is -2.43. The minimum Gasteiger partial charge on any atom is -0.444 e. The first kappa shape index (κ1) is 17.2. The molecule has 2 atom stereocenters. The Kier molecular flexibility index (Phi) is 5.81. The smallest absolute Gasteiger partial charge is 0.407 e. The third kappa shape index (κ3) is 5.25. The molecule has 1 amide bonds. The summed E-state index contributed by atoms with van der Waals surface area (Å²) in [6.07, 6.45) is 3.85. The van der Waals surface area contributed by atoms with Gasteiger partial charge in [0.15, 0.2) is 0 Å². The molecule has 5 nitrogen and oxygen atoms in total. The van der Waals surface area contributed by atoms with E-state index in [-0.39, 0.29) is 6.09 Å². The summed E-state index contributed by atoms with van der Waals surface area (Å²) >= 11 is 1.71. The summed E-state index contributed by atoms with van der Waals surface area (Å²) in [7, 11) is 0. The van der Waals surface area contributed by atoms with Crippen LogP contribution in [0, 0.1) is 5.92 Å². The first-order valence-electron chi connectivity index (χ1n) is 7.95. The molecule has 1 N–H and O–H groups in total. The van der Waals surface area contributed by atoms with E-state index in [9.17, 15) is 4.79 Å². The molecule has 0 bridgehead atoms. The van der Waals surface area contributed by atoms with Crippen LogP contribution in [-0.4, -0.2) is 41.2 Å². The van der Waals surface area contributed by atoms with E-state index in [0.717, 1.165) is 25.9 Å². The largest absolute Gasteiger partial charge is 0.444 e. The molecule has 0 aliphatic carbocycles. The van der Waals surface area contributed by atoms with Crippen LogP contribution in [0.4, 0.5) is 4.79 Å². The molecule has 2 unspecified atom stereocenters. The molecule has 124 valence electrons. The van der Waals surface area contributed by atoms with Crippen LogP contribution in [0.2, 0.25) is 0 Å². The van der Waals surface area contributed by atoms with E-state index in [1.807, 2.05) is 32.3 Å². The monoisotopic (exact) mass is 325 g/mol. The van der Waals surface area contributed by atoms with Crippen molar-refractivity contribution in [3.8, 4) is 0 Å². The molecule has 1 aliphatic heterocycles. The van der Waals surface area contributed by atoms with Crippen LogP contribution in [0.25, 0.3) is 0 Å². The topological polar surface area (TPSA) is 54.5 Å². The van der Waals surface area contributed by atoms with Crippen molar-refractivity contribution >= 4 is 17.4 Å². The molecule has 0 aromatic carbocycles. The average molecular weight is 325 g/mol. The third-order valence-electron chi connectivity index (χ3n) is 3.84. The SMILES string of the molecule is CC(c1nccs1)N1CCCC(CNC(=O)OC(C)(C)C)C1. The molecule has 1 fully saturated rings. The molecule has 0 radical (unpaired) electrons. The quantitative estimate of drug-likeness (QED) is 0.921. The van der Waals surface area contributed by atoms with Gasteiger partial charge in [0.25, 0.3) is 0 Å². The number of alkyl carbamates (subject to hydrolysis) is 1. The summed E-state index contributed by atoms with van der Waals surface area (Å²) in [6, 6.07) is 0.351. The molecule has 1 aromatic heterocycles. The number of hydrogen-bond donors (Lipinski definition) is 1. The predicted molar refractivity (Wildman–Crippen MR) is 89.1 cm³/mol. The molecule has 0 spiro atoms. The number of nitrogens with one attached hydrogen (secondary N) is 1. The number of carbonyl (C=O) groups is 1. The van der Waals surface area contributed by atoms with E-state index < -0.39 is 5.60 Å². The fourth-order valence-electron chi connectivity index (χ4n) is 2.75. The Morgan fingerprint density at radius 3 is 3.00 bits per heavy atom. The van der Waals surface area contributed by atoms with Crippen LogP contribution >= 0.6 is 11.3 Å². The lowest BCUT2D eigenvalue weighted by Gasteiger charge is -2.36. The summed E-state index contributed by atoms with van der Waals surface area (Å²) < 4.78 is 5.29. The number of amides is 1. The van der Waals surface area contributed by atoms with Gasteiger partial charge in [0, 0.05) is 24.7 Å². The Morgan fingerprint density at radius 2 is 2.36 bits per heavy atom. The number of rotatable bonds is 4. The molecule has 1 saturated heterocycles. The Bertz CT molecular complexity index is 470. The van der Waals surface area contributed by atoms with Gasteiger partial charge in [-0.15, -0.1) is 11.3 Å². The Balaban J connectivity index is 1.80. The Hall–Kier alpha value is -1.14. The zero-order valence-electron chi connectivity index (χ0n) is 14.0. The number of aromatic nitrogens is 1.